The molecule has 7 nitrogen and oxygen atoms in total. The van der Waals surface area contributed by atoms with Crippen LogP contribution in [0.25, 0.3) is 0 Å². The summed E-state index contributed by atoms with van der Waals surface area (Å²) in [5, 5.41) is 17.1. The molecule has 0 aliphatic carbocycles. The van der Waals surface area contributed by atoms with Gasteiger partial charge in [0, 0.05) is 16.1 Å². The van der Waals surface area contributed by atoms with Crippen molar-refractivity contribution in [1.29, 1.82) is 0 Å². The van der Waals surface area contributed by atoms with Crippen molar-refractivity contribution >= 4 is 64.4 Å². The predicted octanol–water partition coefficient (Wildman–Crippen LogP) is 5.46. The number of aryl methyl sites for hydroxylation is 1. The first-order valence-electron chi connectivity index (χ1n) is 11.9. The van der Waals surface area contributed by atoms with Crippen LogP contribution in [0.5, 0.6) is 5.75 Å². The predicted molar refractivity (Wildman–Crippen MR) is 148 cm³/mol. The number of halogens is 3. The maximum Gasteiger partial charge on any atom is 0.239 e. The smallest absolute Gasteiger partial charge is 0.239 e. The Bertz CT molecular complexity index is 1460. The van der Waals surface area contributed by atoms with Crippen molar-refractivity contribution in [1.82, 2.24) is 5.32 Å². The Hall–Kier alpha value is -3.10. The number of anilines is 2. The fraction of sp³-hybridized carbons (Fsp3) is 0.250. The highest BCUT2D eigenvalue weighted by atomic mass is 35.5. The number of nitrogens with zero attached hydrogens (tertiary/aromatic N) is 1. The van der Waals surface area contributed by atoms with Gasteiger partial charge in [-0.2, -0.15) is 0 Å². The number of benzene rings is 3. The van der Waals surface area contributed by atoms with Crippen LogP contribution in [0.2, 0.25) is 15.1 Å². The van der Waals surface area contributed by atoms with Crippen LogP contribution in [0.1, 0.15) is 23.6 Å². The fourth-order valence-corrected chi connectivity index (χ4v) is 6.75. The van der Waals surface area contributed by atoms with E-state index < -0.39 is 29.3 Å². The van der Waals surface area contributed by atoms with E-state index in [1.165, 1.54) is 11.0 Å². The molecule has 5 rings (SSSR count). The van der Waals surface area contributed by atoms with E-state index in [4.69, 9.17) is 34.8 Å². The molecule has 0 aromatic heterocycles. The molecule has 0 bridgehead atoms. The largest absolute Gasteiger partial charge is 0.508 e. The van der Waals surface area contributed by atoms with Crippen LogP contribution in [0, 0.1) is 18.8 Å². The van der Waals surface area contributed by atoms with Gasteiger partial charge in [-0.15, -0.1) is 0 Å². The van der Waals surface area contributed by atoms with Crippen LogP contribution in [-0.4, -0.2) is 29.4 Å². The average molecular weight is 573 g/mol. The maximum atomic E-state index is 14.1. The molecule has 2 heterocycles. The van der Waals surface area contributed by atoms with Crippen LogP contribution in [0.4, 0.5) is 11.4 Å². The average Bonchev–Trinajstić information content (AvgIpc) is 3.27. The molecule has 4 unspecified atom stereocenters. The van der Waals surface area contributed by atoms with Gasteiger partial charge in [0.2, 0.25) is 18.2 Å². The molecule has 196 valence electrons. The van der Waals surface area contributed by atoms with E-state index in [9.17, 15) is 19.5 Å². The van der Waals surface area contributed by atoms with Gasteiger partial charge in [0.15, 0.2) is 0 Å². The molecule has 2 saturated heterocycles. The minimum atomic E-state index is -1.14. The number of hydrogen-bond acceptors (Lipinski definition) is 5. The third-order valence-electron chi connectivity index (χ3n) is 7.36. The van der Waals surface area contributed by atoms with Crippen LogP contribution in [0.15, 0.2) is 54.6 Å². The summed E-state index contributed by atoms with van der Waals surface area (Å²) in [6.07, 6.45) is 0.860. The zero-order valence-electron chi connectivity index (χ0n) is 20.5. The number of rotatable bonds is 6. The van der Waals surface area contributed by atoms with Crippen LogP contribution in [-0.2, 0) is 26.3 Å². The van der Waals surface area contributed by atoms with E-state index in [1.807, 2.05) is 19.9 Å². The maximum absolute atomic E-state index is 14.1. The summed E-state index contributed by atoms with van der Waals surface area (Å²) >= 11 is 19.1. The minimum absolute atomic E-state index is 0.101. The monoisotopic (exact) mass is 571 g/mol. The van der Waals surface area contributed by atoms with Crippen molar-refractivity contribution < 1.29 is 19.5 Å². The first-order chi connectivity index (χ1) is 18.0. The highest BCUT2D eigenvalue weighted by molar-refractivity contribution is 6.37. The second-order valence-electron chi connectivity index (χ2n) is 9.90. The van der Waals surface area contributed by atoms with Gasteiger partial charge in [0.1, 0.15) is 5.75 Å². The summed E-state index contributed by atoms with van der Waals surface area (Å²) in [4.78, 5) is 40.8. The molecule has 2 fully saturated rings. The Labute approximate surface area is 234 Å². The Morgan fingerprint density at radius 1 is 1.05 bits per heavy atom. The molecular weight excluding hydrogens is 549 g/mol. The lowest BCUT2D eigenvalue weighted by Gasteiger charge is -2.34. The quantitative estimate of drug-likeness (QED) is 0.269. The number of hydrogen-bond donors (Lipinski definition) is 3. The first-order valence-corrected chi connectivity index (χ1v) is 13.1. The Balaban J connectivity index is 1.67. The molecule has 2 aliphatic heterocycles. The first kappa shape index (κ1) is 26.5. The molecule has 3 aromatic rings. The van der Waals surface area contributed by atoms with Gasteiger partial charge in [-0.25, -0.2) is 4.90 Å². The molecule has 10 heteroatoms. The standard InChI is InChI=1S/C28H24Cl3N3O4/c1-14-6-16(29)10-18(7-14)34-26(37)23-22(9-15-4-3-5-19(36)8-15)33-28(2,24(23)27(34)38)20-11-17(30)12-21(31)25(20)32-13-35/h3-8,10-13,22-24,33,36H,9H2,1-2H3,(H,32,35). The number of fused-ring (bicyclic) bond motifs is 1. The molecule has 38 heavy (non-hydrogen) atoms. The molecule has 3 amide bonds. The molecule has 3 N–H and O–H groups in total. The number of aromatic hydroxyl groups is 1. The summed E-state index contributed by atoms with van der Waals surface area (Å²) in [7, 11) is 0. The van der Waals surface area contributed by atoms with Gasteiger partial charge >= 0.3 is 0 Å². The summed E-state index contributed by atoms with van der Waals surface area (Å²) in [6.45, 7) is 3.64. The lowest BCUT2D eigenvalue weighted by Crippen LogP contribution is -2.48. The van der Waals surface area contributed by atoms with Gasteiger partial charge < -0.3 is 15.7 Å². The lowest BCUT2D eigenvalue weighted by atomic mass is 9.76. The molecule has 2 aliphatic rings. The van der Waals surface area contributed by atoms with Gasteiger partial charge in [-0.1, -0.05) is 46.9 Å². The van der Waals surface area contributed by atoms with Crippen molar-refractivity contribution in [3.05, 3.63) is 86.4 Å². The van der Waals surface area contributed by atoms with E-state index in [0.29, 0.717) is 39.8 Å². The number of amides is 3. The normalized spacial score (nSPS) is 24.6. The van der Waals surface area contributed by atoms with Crippen LogP contribution < -0.4 is 15.5 Å². The SMILES string of the molecule is Cc1cc(Cl)cc(N2C(=O)C3C(Cc4cccc(O)c4)NC(C)(c4cc(Cl)cc(Cl)c4NC=O)C3C2=O)c1. The lowest BCUT2D eigenvalue weighted by molar-refractivity contribution is -0.123. The summed E-state index contributed by atoms with van der Waals surface area (Å²) in [5.74, 6) is -2.26. The van der Waals surface area contributed by atoms with E-state index in [-0.39, 0.29) is 16.7 Å². The molecular formula is C28H24Cl3N3O4. The summed E-state index contributed by atoms with van der Waals surface area (Å²) in [5.41, 5.74) is 1.64. The summed E-state index contributed by atoms with van der Waals surface area (Å²) in [6, 6.07) is 14.5. The number of carbonyl (C=O) groups excluding carboxylic acids is 3. The van der Waals surface area contributed by atoms with E-state index >= 15 is 0 Å². The van der Waals surface area contributed by atoms with Gasteiger partial charge in [0.25, 0.3) is 0 Å². The molecule has 0 radical (unpaired) electrons. The number of carbonyl (C=O) groups is 3. The van der Waals surface area contributed by atoms with Crippen molar-refractivity contribution in [2.75, 3.05) is 10.2 Å². The second kappa shape index (κ2) is 9.89. The Morgan fingerprint density at radius 3 is 2.47 bits per heavy atom. The third kappa shape index (κ3) is 4.43. The van der Waals surface area contributed by atoms with Crippen molar-refractivity contribution in [3.8, 4) is 5.75 Å². The van der Waals surface area contributed by atoms with Crippen molar-refractivity contribution in [3.63, 3.8) is 0 Å². The number of phenols is 1. The van der Waals surface area contributed by atoms with Crippen molar-refractivity contribution in [2.24, 2.45) is 11.8 Å². The highest BCUT2D eigenvalue weighted by Crippen LogP contribution is 2.52. The molecule has 4 atom stereocenters. The molecule has 0 saturated carbocycles. The van der Waals surface area contributed by atoms with Crippen molar-refractivity contribution in [2.45, 2.75) is 31.8 Å². The second-order valence-corrected chi connectivity index (χ2v) is 11.2. The topological polar surface area (TPSA) is 98.7 Å². The summed E-state index contributed by atoms with van der Waals surface area (Å²) < 4.78 is 0. The number of phenolic OH excluding ortho intramolecular Hbond substituents is 1. The van der Waals surface area contributed by atoms with E-state index in [1.54, 1.807) is 42.5 Å². The van der Waals surface area contributed by atoms with E-state index in [0.717, 1.165) is 11.1 Å². The van der Waals surface area contributed by atoms with Gasteiger partial charge in [0.05, 0.1) is 33.8 Å². The fourth-order valence-electron chi connectivity index (χ4n) is 5.92. The van der Waals surface area contributed by atoms with Gasteiger partial charge in [-0.3, -0.25) is 14.4 Å². The Kier molecular flexibility index (Phi) is 6.90. The zero-order chi connectivity index (χ0) is 27.4. The molecule has 3 aromatic carbocycles. The zero-order valence-corrected chi connectivity index (χ0v) is 22.7. The van der Waals surface area contributed by atoms with Crippen LogP contribution >= 0.6 is 34.8 Å². The number of nitrogens with one attached hydrogen (secondary N) is 2. The minimum Gasteiger partial charge on any atom is -0.508 e. The number of imide groups is 1. The Morgan fingerprint density at radius 2 is 1.79 bits per heavy atom. The van der Waals surface area contributed by atoms with Gasteiger partial charge in [-0.05, 0) is 79.4 Å². The van der Waals surface area contributed by atoms with E-state index in [2.05, 4.69) is 10.6 Å². The van der Waals surface area contributed by atoms with Crippen LogP contribution in [0.3, 0.4) is 0 Å². The highest BCUT2D eigenvalue weighted by Gasteiger charge is 2.64. The molecule has 0 spiro atoms. The third-order valence-corrected chi connectivity index (χ3v) is 8.10.